The summed E-state index contributed by atoms with van der Waals surface area (Å²) in [5.41, 5.74) is 0.180. The first kappa shape index (κ1) is 15.8. The van der Waals surface area contributed by atoms with Crippen LogP contribution in [0.3, 0.4) is 0 Å². The maximum Gasteiger partial charge on any atom is 0.255 e. The number of imide groups is 1. The lowest BCUT2D eigenvalue weighted by Gasteiger charge is -2.30. The van der Waals surface area contributed by atoms with Gasteiger partial charge in [-0.1, -0.05) is 0 Å². The van der Waals surface area contributed by atoms with Gasteiger partial charge in [-0.25, -0.2) is 4.39 Å². The van der Waals surface area contributed by atoms with Gasteiger partial charge in [0.05, 0.1) is 5.56 Å². The normalized spacial score (nSPS) is 17.9. The Morgan fingerprint density at radius 3 is 2.68 bits per heavy atom. The molecule has 2 rings (SSSR count). The highest BCUT2D eigenvalue weighted by Gasteiger charge is 2.33. The molecule has 1 unspecified atom stereocenters. The lowest BCUT2D eigenvalue weighted by molar-refractivity contribution is -0.136. The molecule has 116 valence electrons. The summed E-state index contributed by atoms with van der Waals surface area (Å²) in [5, 5.41) is 2.16. The number of nitrogens with zero attached hydrogens (tertiary/aromatic N) is 1. The molecule has 0 aromatic heterocycles. The van der Waals surface area contributed by atoms with E-state index in [9.17, 15) is 23.6 Å². The summed E-state index contributed by atoms with van der Waals surface area (Å²) in [7, 11) is 1.41. The maximum absolute atomic E-state index is 13.5. The smallest absolute Gasteiger partial charge is 0.255 e. The Morgan fingerprint density at radius 1 is 1.41 bits per heavy atom. The van der Waals surface area contributed by atoms with Gasteiger partial charge < -0.3 is 4.90 Å². The number of hydrogen-bond acceptors (Lipinski definition) is 4. The molecule has 1 atom stereocenters. The van der Waals surface area contributed by atoms with Gasteiger partial charge in [-0.05, 0) is 31.0 Å². The van der Waals surface area contributed by atoms with Gasteiger partial charge in [0.25, 0.3) is 5.91 Å². The molecule has 0 bridgehead atoms. The van der Waals surface area contributed by atoms with Gasteiger partial charge in [-0.15, -0.1) is 0 Å². The molecule has 1 heterocycles. The second-order valence-corrected chi connectivity index (χ2v) is 5.19. The molecule has 0 saturated carbocycles. The summed E-state index contributed by atoms with van der Waals surface area (Å²) in [6.45, 7) is 1.48. The molecule has 1 aliphatic heterocycles. The average Bonchev–Trinajstić information content (AvgIpc) is 2.48. The molecule has 7 heteroatoms. The number of amides is 3. The molecule has 1 aliphatic rings. The van der Waals surface area contributed by atoms with Crippen LogP contribution in [0.2, 0.25) is 0 Å². The second-order valence-electron chi connectivity index (χ2n) is 5.19. The number of benzene rings is 1. The third-order valence-electron chi connectivity index (χ3n) is 3.69. The molecule has 1 aromatic carbocycles. The Hall–Kier alpha value is -2.57. The van der Waals surface area contributed by atoms with E-state index in [-0.39, 0.29) is 35.4 Å². The summed E-state index contributed by atoms with van der Waals surface area (Å²) < 4.78 is 13.5. The summed E-state index contributed by atoms with van der Waals surface area (Å²) in [6.07, 6.45) is 0.745. The van der Waals surface area contributed by atoms with Crippen LogP contribution in [-0.2, 0) is 9.59 Å². The van der Waals surface area contributed by atoms with Gasteiger partial charge in [0.2, 0.25) is 11.8 Å². The number of likely N-dealkylation sites (N-methyl/N-ethyl adjacent to an activating group) is 1. The van der Waals surface area contributed by atoms with Crippen LogP contribution >= 0.6 is 0 Å². The lowest BCUT2D eigenvalue weighted by Crippen LogP contribution is -2.53. The standard InChI is InChI=1S/C15H15FN2O4/c1-8-5-10(9(7-19)6-11(8)16)15(22)18(2)12-3-4-13(20)17-14(12)21/h5-7,12H,3-4H2,1-2H3,(H,17,20,21). The van der Waals surface area contributed by atoms with Crippen molar-refractivity contribution in [2.75, 3.05) is 7.05 Å². The van der Waals surface area contributed by atoms with E-state index < -0.39 is 23.7 Å². The maximum atomic E-state index is 13.5. The molecular formula is C15H15FN2O4. The number of nitrogens with one attached hydrogen (secondary N) is 1. The highest BCUT2D eigenvalue weighted by atomic mass is 19.1. The number of carbonyl (C=O) groups excluding carboxylic acids is 4. The zero-order chi connectivity index (χ0) is 16.4. The van der Waals surface area contributed by atoms with Gasteiger partial charge >= 0.3 is 0 Å². The molecule has 0 aliphatic carbocycles. The molecule has 0 spiro atoms. The van der Waals surface area contributed by atoms with Crippen molar-refractivity contribution < 1.29 is 23.6 Å². The number of rotatable bonds is 3. The summed E-state index contributed by atoms with van der Waals surface area (Å²) >= 11 is 0. The first-order valence-electron chi connectivity index (χ1n) is 6.71. The van der Waals surface area contributed by atoms with E-state index in [1.54, 1.807) is 0 Å². The van der Waals surface area contributed by atoms with Crippen molar-refractivity contribution in [2.45, 2.75) is 25.8 Å². The van der Waals surface area contributed by atoms with Crippen molar-refractivity contribution in [3.05, 3.63) is 34.6 Å². The molecule has 1 saturated heterocycles. The Bertz CT molecular complexity index is 672. The average molecular weight is 306 g/mol. The van der Waals surface area contributed by atoms with Crippen LogP contribution in [0.1, 0.15) is 39.1 Å². The number of hydrogen-bond donors (Lipinski definition) is 1. The van der Waals surface area contributed by atoms with Crippen molar-refractivity contribution in [1.29, 1.82) is 0 Å². The minimum atomic E-state index is -0.796. The predicted octanol–water partition coefficient (Wildman–Crippen LogP) is 0.824. The molecule has 0 radical (unpaired) electrons. The molecular weight excluding hydrogens is 291 g/mol. The number of aldehydes is 1. The minimum Gasteiger partial charge on any atom is -0.330 e. The minimum absolute atomic E-state index is 0.0288. The van der Waals surface area contributed by atoms with Gasteiger partial charge in [0.1, 0.15) is 11.9 Å². The van der Waals surface area contributed by atoms with Crippen molar-refractivity contribution in [3.63, 3.8) is 0 Å². The molecule has 22 heavy (non-hydrogen) atoms. The second kappa shape index (κ2) is 6.05. The van der Waals surface area contributed by atoms with Crippen LogP contribution in [0, 0.1) is 12.7 Å². The van der Waals surface area contributed by atoms with Crippen LogP contribution in [-0.4, -0.2) is 42.0 Å². The zero-order valence-electron chi connectivity index (χ0n) is 12.2. The fourth-order valence-corrected chi connectivity index (χ4v) is 2.36. The van der Waals surface area contributed by atoms with Crippen molar-refractivity contribution >= 4 is 24.0 Å². The quantitative estimate of drug-likeness (QED) is 0.662. The van der Waals surface area contributed by atoms with E-state index >= 15 is 0 Å². The lowest BCUT2D eigenvalue weighted by atomic mass is 10.0. The van der Waals surface area contributed by atoms with E-state index in [2.05, 4.69) is 5.32 Å². The van der Waals surface area contributed by atoms with Crippen LogP contribution < -0.4 is 5.32 Å². The van der Waals surface area contributed by atoms with Crippen molar-refractivity contribution in [1.82, 2.24) is 10.2 Å². The Morgan fingerprint density at radius 2 is 2.09 bits per heavy atom. The van der Waals surface area contributed by atoms with E-state index in [0.717, 1.165) is 6.07 Å². The van der Waals surface area contributed by atoms with E-state index in [4.69, 9.17) is 0 Å². The highest BCUT2D eigenvalue weighted by Crippen LogP contribution is 2.19. The Labute approximate surface area is 126 Å². The fourth-order valence-electron chi connectivity index (χ4n) is 2.36. The molecule has 1 aromatic rings. The van der Waals surface area contributed by atoms with E-state index in [1.165, 1.54) is 24.9 Å². The Balaban J connectivity index is 2.31. The van der Waals surface area contributed by atoms with Gasteiger partial charge in [-0.2, -0.15) is 0 Å². The number of piperidine rings is 1. The van der Waals surface area contributed by atoms with Gasteiger partial charge in [0.15, 0.2) is 6.29 Å². The zero-order valence-corrected chi connectivity index (χ0v) is 12.2. The number of carbonyl (C=O) groups is 4. The summed E-state index contributed by atoms with van der Waals surface area (Å²) in [4.78, 5) is 47.6. The SMILES string of the molecule is Cc1cc(C(=O)N(C)C2CCC(=O)NC2=O)c(C=O)cc1F. The molecule has 3 amide bonds. The Kier molecular flexibility index (Phi) is 4.35. The van der Waals surface area contributed by atoms with Crippen LogP contribution in [0.15, 0.2) is 12.1 Å². The monoisotopic (exact) mass is 306 g/mol. The third-order valence-corrected chi connectivity index (χ3v) is 3.69. The largest absolute Gasteiger partial charge is 0.330 e. The topological polar surface area (TPSA) is 83.6 Å². The van der Waals surface area contributed by atoms with Crippen LogP contribution in [0.4, 0.5) is 4.39 Å². The van der Waals surface area contributed by atoms with Gasteiger partial charge in [-0.3, -0.25) is 24.5 Å². The predicted molar refractivity (Wildman–Crippen MR) is 74.8 cm³/mol. The highest BCUT2D eigenvalue weighted by molar-refractivity contribution is 6.06. The summed E-state index contributed by atoms with van der Waals surface area (Å²) in [6, 6.07) is 1.48. The van der Waals surface area contributed by atoms with Crippen LogP contribution in [0.25, 0.3) is 0 Å². The molecule has 1 fully saturated rings. The first-order chi connectivity index (χ1) is 10.3. The molecule has 6 nitrogen and oxygen atoms in total. The number of aryl methyl sites for hydroxylation is 1. The fraction of sp³-hybridized carbons (Fsp3) is 0.333. The third kappa shape index (κ3) is 2.88. The van der Waals surface area contributed by atoms with Crippen molar-refractivity contribution in [2.24, 2.45) is 0 Å². The summed E-state index contributed by atoms with van der Waals surface area (Å²) in [5.74, 6) is -2.09. The van der Waals surface area contributed by atoms with Crippen LogP contribution in [0.5, 0.6) is 0 Å². The van der Waals surface area contributed by atoms with E-state index in [1.807, 2.05) is 0 Å². The number of halogens is 1. The van der Waals surface area contributed by atoms with Gasteiger partial charge in [0, 0.05) is 19.0 Å². The first-order valence-corrected chi connectivity index (χ1v) is 6.71. The van der Waals surface area contributed by atoms with E-state index in [0.29, 0.717) is 6.29 Å². The van der Waals surface area contributed by atoms with Crippen molar-refractivity contribution in [3.8, 4) is 0 Å². The molecule has 1 N–H and O–H groups in total.